The van der Waals surface area contributed by atoms with Gasteiger partial charge in [-0.2, -0.15) is 5.26 Å². The molecule has 1 aromatic rings. The monoisotopic (exact) mass is 274 g/mol. The van der Waals surface area contributed by atoms with E-state index in [-0.39, 0.29) is 10.6 Å². The second-order valence-electron chi connectivity index (χ2n) is 4.86. The highest BCUT2D eigenvalue weighted by atomic mass is 16.6. The number of nitro groups is 1. The highest BCUT2D eigenvalue weighted by molar-refractivity contribution is 5.65. The summed E-state index contributed by atoms with van der Waals surface area (Å²) in [6.45, 7) is 3.28. The van der Waals surface area contributed by atoms with Crippen molar-refractivity contribution in [3.8, 4) is 6.07 Å². The van der Waals surface area contributed by atoms with Crippen LogP contribution in [0.5, 0.6) is 0 Å². The number of rotatable bonds is 7. The number of nitrogens with zero attached hydrogens (tertiary/aromatic N) is 3. The minimum atomic E-state index is -0.375. The summed E-state index contributed by atoms with van der Waals surface area (Å²) in [5.41, 5.74) is 1.66. The minimum absolute atomic E-state index is 0.0843. The molecule has 1 aliphatic carbocycles. The second-order valence-corrected chi connectivity index (χ2v) is 4.86. The summed E-state index contributed by atoms with van der Waals surface area (Å²) in [5.74, 6) is 0. The van der Waals surface area contributed by atoms with Crippen LogP contribution in [-0.2, 0) is 0 Å². The molecule has 6 nitrogen and oxygen atoms in total. The summed E-state index contributed by atoms with van der Waals surface area (Å²) >= 11 is 0. The van der Waals surface area contributed by atoms with Crippen LogP contribution < -0.4 is 10.2 Å². The SMILES string of the molecule is CCNc1cc(N(CCC#N)C2CC2)cc([N+](=O)[O-])c1. The lowest BCUT2D eigenvalue weighted by atomic mass is 10.2. The van der Waals surface area contributed by atoms with Gasteiger partial charge in [0.25, 0.3) is 5.69 Å². The van der Waals surface area contributed by atoms with Gasteiger partial charge in [0, 0.05) is 42.6 Å². The summed E-state index contributed by atoms with van der Waals surface area (Å²) in [4.78, 5) is 12.8. The smallest absolute Gasteiger partial charge is 0.273 e. The first-order valence-electron chi connectivity index (χ1n) is 6.82. The molecule has 2 rings (SSSR count). The fourth-order valence-electron chi connectivity index (χ4n) is 2.25. The first-order valence-corrected chi connectivity index (χ1v) is 6.82. The lowest BCUT2D eigenvalue weighted by molar-refractivity contribution is -0.384. The van der Waals surface area contributed by atoms with Gasteiger partial charge in [0.2, 0.25) is 0 Å². The van der Waals surface area contributed by atoms with Crippen molar-refractivity contribution >= 4 is 17.1 Å². The molecule has 1 fully saturated rings. The van der Waals surface area contributed by atoms with E-state index in [2.05, 4.69) is 16.3 Å². The molecule has 1 saturated carbocycles. The summed E-state index contributed by atoms with van der Waals surface area (Å²) in [5, 5.41) is 22.9. The molecule has 0 unspecified atom stereocenters. The van der Waals surface area contributed by atoms with E-state index >= 15 is 0 Å². The molecule has 0 atom stereocenters. The number of benzene rings is 1. The highest BCUT2D eigenvalue weighted by Crippen LogP contribution is 2.35. The van der Waals surface area contributed by atoms with E-state index in [9.17, 15) is 10.1 Å². The molecule has 1 N–H and O–H groups in total. The molecule has 1 aliphatic rings. The van der Waals surface area contributed by atoms with Gasteiger partial charge in [-0.3, -0.25) is 10.1 Å². The summed E-state index contributed by atoms with van der Waals surface area (Å²) in [6.07, 6.45) is 2.60. The first kappa shape index (κ1) is 14.1. The summed E-state index contributed by atoms with van der Waals surface area (Å²) < 4.78 is 0. The van der Waals surface area contributed by atoms with Crippen LogP contribution in [0.3, 0.4) is 0 Å². The molecule has 0 heterocycles. The van der Waals surface area contributed by atoms with Gasteiger partial charge in [-0.1, -0.05) is 0 Å². The molecule has 0 aromatic heterocycles. The van der Waals surface area contributed by atoms with E-state index in [4.69, 9.17) is 5.26 Å². The van der Waals surface area contributed by atoms with Crippen molar-refractivity contribution in [2.75, 3.05) is 23.3 Å². The van der Waals surface area contributed by atoms with Crippen LogP contribution in [-0.4, -0.2) is 24.1 Å². The molecule has 0 amide bonds. The predicted molar refractivity (Wildman–Crippen MR) is 77.9 cm³/mol. The molecule has 1 aromatic carbocycles. The Kier molecular flexibility index (Phi) is 4.41. The van der Waals surface area contributed by atoms with Gasteiger partial charge in [0.05, 0.1) is 17.4 Å². The molecule has 0 bridgehead atoms. The zero-order valence-electron chi connectivity index (χ0n) is 11.5. The van der Waals surface area contributed by atoms with Crippen LogP contribution in [0.1, 0.15) is 26.2 Å². The van der Waals surface area contributed by atoms with Crippen molar-refractivity contribution in [3.63, 3.8) is 0 Å². The van der Waals surface area contributed by atoms with Crippen LogP contribution in [0.4, 0.5) is 17.1 Å². The number of nitriles is 1. The fourth-order valence-corrected chi connectivity index (χ4v) is 2.25. The maximum Gasteiger partial charge on any atom is 0.273 e. The Morgan fingerprint density at radius 1 is 1.50 bits per heavy atom. The van der Waals surface area contributed by atoms with E-state index in [1.54, 1.807) is 12.1 Å². The number of non-ortho nitro benzene ring substituents is 1. The molecule has 20 heavy (non-hydrogen) atoms. The van der Waals surface area contributed by atoms with Gasteiger partial charge in [0.1, 0.15) is 0 Å². The lowest BCUT2D eigenvalue weighted by Crippen LogP contribution is -2.26. The minimum Gasteiger partial charge on any atom is -0.385 e. The normalized spacial score (nSPS) is 13.6. The Labute approximate surface area is 118 Å². The fraction of sp³-hybridized carbons (Fsp3) is 0.500. The van der Waals surface area contributed by atoms with E-state index in [1.165, 1.54) is 0 Å². The Hall–Kier alpha value is -2.29. The molecular weight excluding hydrogens is 256 g/mol. The van der Waals surface area contributed by atoms with Gasteiger partial charge >= 0.3 is 0 Å². The van der Waals surface area contributed by atoms with Crippen molar-refractivity contribution in [1.82, 2.24) is 0 Å². The molecule has 0 spiro atoms. The number of anilines is 2. The third-order valence-electron chi connectivity index (χ3n) is 3.28. The van der Waals surface area contributed by atoms with Crippen LogP contribution >= 0.6 is 0 Å². The first-order chi connectivity index (χ1) is 9.65. The average Bonchev–Trinajstić information content (AvgIpc) is 3.24. The summed E-state index contributed by atoms with van der Waals surface area (Å²) in [7, 11) is 0. The molecule has 106 valence electrons. The van der Waals surface area contributed by atoms with Gasteiger partial charge in [-0.15, -0.1) is 0 Å². The summed E-state index contributed by atoms with van der Waals surface area (Å²) in [6, 6.07) is 7.61. The highest BCUT2D eigenvalue weighted by Gasteiger charge is 2.30. The molecule has 0 saturated heterocycles. The Balaban J connectivity index is 2.31. The largest absolute Gasteiger partial charge is 0.385 e. The Bertz CT molecular complexity index is 534. The third kappa shape index (κ3) is 3.38. The van der Waals surface area contributed by atoms with E-state index < -0.39 is 0 Å². The van der Waals surface area contributed by atoms with E-state index in [0.717, 1.165) is 24.2 Å². The Morgan fingerprint density at radius 3 is 2.80 bits per heavy atom. The van der Waals surface area contributed by atoms with Crippen LogP contribution in [0.2, 0.25) is 0 Å². The topological polar surface area (TPSA) is 82.2 Å². The number of nitrogens with one attached hydrogen (secondary N) is 1. The number of hydrogen-bond acceptors (Lipinski definition) is 5. The number of hydrogen-bond donors (Lipinski definition) is 1. The zero-order valence-corrected chi connectivity index (χ0v) is 11.5. The maximum atomic E-state index is 11.0. The van der Waals surface area contributed by atoms with Crippen molar-refractivity contribution in [2.24, 2.45) is 0 Å². The Morgan fingerprint density at radius 2 is 2.25 bits per heavy atom. The van der Waals surface area contributed by atoms with Gasteiger partial charge in [-0.25, -0.2) is 0 Å². The third-order valence-corrected chi connectivity index (χ3v) is 3.28. The lowest BCUT2D eigenvalue weighted by Gasteiger charge is -2.24. The average molecular weight is 274 g/mol. The van der Waals surface area contributed by atoms with Crippen LogP contribution in [0.25, 0.3) is 0 Å². The second kappa shape index (κ2) is 6.24. The molecular formula is C14H18N4O2. The van der Waals surface area contributed by atoms with Crippen LogP contribution in [0.15, 0.2) is 18.2 Å². The van der Waals surface area contributed by atoms with E-state index in [0.29, 0.717) is 25.6 Å². The quantitative estimate of drug-likeness (QED) is 0.610. The van der Waals surface area contributed by atoms with Crippen LogP contribution in [0, 0.1) is 21.4 Å². The van der Waals surface area contributed by atoms with Crippen molar-refractivity contribution in [1.29, 1.82) is 5.26 Å². The van der Waals surface area contributed by atoms with Crippen molar-refractivity contribution < 1.29 is 4.92 Å². The van der Waals surface area contributed by atoms with E-state index in [1.807, 2.05) is 13.0 Å². The van der Waals surface area contributed by atoms with Crippen molar-refractivity contribution in [2.45, 2.75) is 32.2 Å². The van der Waals surface area contributed by atoms with Crippen molar-refractivity contribution in [3.05, 3.63) is 28.3 Å². The van der Waals surface area contributed by atoms with Gasteiger partial charge in [-0.05, 0) is 25.8 Å². The zero-order chi connectivity index (χ0) is 14.5. The molecule has 0 aliphatic heterocycles. The predicted octanol–water partition coefficient (Wildman–Crippen LogP) is 2.91. The van der Waals surface area contributed by atoms with Gasteiger partial charge < -0.3 is 10.2 Å². The molecule has 6 heteroatoms. The van der Waals surface area contributed by atoms with Gasteiger partial charge in [0.15, 0.2) is 0 Å². The number of nitro benzene ring substituents is 1. The maximum absolute atomic E-state index is 11.0. The molecule has 0 radical (unpaired) electrons. The standard InChI is InChI=1S/C14H18N4O2/c1-2-16-11-8-13(10-14(9-11)18(19)20)17(7-3-6-15)12-4-5-12/h8-10,12,16H,2-5,7H2,1H3.